The highest BCUT2D eigenvalue weighted by molar-refractivity contribution is 7.22. The van der Waals surface area contributed by atoms with Crippen LogP contribution in [-0.2, 0) is 5.54 Å². The van der Waals surface area contributed by atoms with Gasteiger partial charge in [0.05, 0.1) is 5.54 Å². The number of amides is 2. The summed E-state index contributed by atoms with van der Waals surface area (Å²) in [5.74, 6) is -0.241. The van der Waals surface area contributed by atoms with Crippen LogP contribution in [0.3, 0.4) is 0 Å². The average Bonchev–Trinajstić information content (AvgIpc) is 3.58. The smallest absolute Gasteiger partial charge is 0.276 e. The number of nitrogens with zero attached hydrogens (tertiary/aromatic N) is 5. The van der Waals surface area contributed by atoms with E-state index >= 15 is 0 Å². The number of carbonyl (C=O) groups is 2. The lowest BCUT2D eigenvalue weighted by Crippen LogP contribution is -2.42. The van der Waals surface area contributed by atoms with Crippen LogP contribution in [0.5, 0.6) is 0 Å². The van der Waals surface area contributed by atoms with Gasteiger partial charge >= 0.3 is 0 Å². The van der Waals surface area contributed by atoms with Gasteiger partial charge in [-0.05, 0) is 78.6 Å². The van der Waals surface area contributed by atoms with Gasteiger partial charge in [-0.15, -0.1) is 0 Å². The van der Waals surface area contributed by atoms with E-state index in [2.05, 4.69) is 10.2 Å². The maximum atomic E-state index is 13.8. The first-order valence-electron chi connectivity index (χ1n) is 12.5. The van der Waals surface area contributed by atoms with Gasteiger partial charge in [0.2, 0.25) is 0 Å². The van der Waals surface area contributed by atoms with E-state index in [0.29, 0.717) is 22.0 Å². The first kappa shape index (κ1) is 23.9. The number of fused-ring (bicyclic) bond motifs is 1. The molecule has 3 aromatic rings. The molecule has 0 radical (unpaired) electrons. The molecule has 4 heterocycles. The first-order chi connectivity index (χ1) is 16.7. The van der Waals surface area contributed by atoms with Crippen molar-refractivity contribution in [2.24, 2.45) is 0 Å². The minimum atomic E-state index is -0.358. The fourth-order valence-corrected chi connectivity index (χ4v) is 5.95. The van der Waals surface area contributed by atoms with Crippen LogP contribution in [0.15, 0.2) is 24.3 Å². The Kier molecular flexibility index (Phi) is 6.40. The van der Waals surface area contributed by atoms with E-state index in [4.69, 9.17) is 10.1 Å². The Bertz CT molecular complexity index is 1230. The molecule has 1 N–H and O–H groups in total. The molecule has 186 valence electrons. The Balaban J connectivity index is 1.44. The molecule has 1 unspecified atom stereocenters. The highest BCUT2D eigenvalue weighted by Crippen LogP contribution is 2.34. The van der Waals surface area contributed by atoms with Crippen LogP contribution in [0.4, 0.5) is 5.13 Å². The summed E-state index contributed by atoms with van der Waals surface area (Å²) in [6, 6.07) is 7.66. The number of benzene rings is 1. The number of carbonyl (C=O) groups excluding carboxylic acids is 2. The molecule has 0 spiro atoms. The summed E-state index contributed by atoms with van der Waals surface area (Å²) >= 11 is 1.32. The lowest BCUT2D eigenvalue weighted by molar-refractivity contribution is 0.0703. The van der Waals surface area contributed by atoms with E-state index in [0.717, 1.165) is 49.3 Å². The van der Waals surface area contributed by atoms with Crippen molar-refractivity contribution < 1.29 is 9.59 Å². The Morgan fingerprint density at radius 3 is 2.49 bits per heavy atom. The Morgan fingerprint density at radius 1 is 1.09 bits per heavy atom. The van der Waals surface area contributed by atoms with Crippen molar-refractivity contribution in [2.45, 2.75) is 65.0 Å². The molecule has 2 aliphatic rings. The third-order valence-electron chi connectivity index (χ3n) is 6.90. The monoisotopic (exact) mass is 494 g/mol. The second-order valence-corrected chi connectivity index (χ2v) is 11.7. The molecule has 0 bridgehead atoms. The zero-order valence-corrected chi connectivity index (χ0v) is 21.8. The molecule has 2 fully saturated rings. The summed E-state index contributed by atoms with van der Waals surface area (Å²) in [6.45, 7) is 12.1. The van der Waals surface area contributed by atoms with Gasteiger partial charge in [-0.2, -0.15) is 10.1 Å². The van der Waals surface area contributed by atoms with E-state index < -0.39 is 0 Å². The maximum absolute atomic E-state index is 13.8. The fraction of sp³-hybridized carbons (Fsp3) is 0.538. The summed E-state index contributed by atoms with van der Waals surface area (Å²) in [6.07, 6.45) is 4.55. The molecule has 0 saturated carbocycles. The Labute approximate surface area is 210 Å². The van der Waals surface area contributed by atoms with Crippen LogP contribution >= 0.6 is 11.3 Å². The molecular formula is C26H34N6O2S. The molecular weight excluding hydrogens is 460 g/mol. The summed E-state index contributed by atoms with van der Waals surface area (Å²) in [5, 5.41) is 8.16. The van der Waals surface area contributed by atoms with E-state index in [1.165, 1.54) is 24.2 Å². The second-order valence-electron chi connectivity index (χ2n) is 10.7. The molecule has 2 aliphatic heterocycles. The zero-order chi connectivity index (χ0) is 24.7. The number of rotatable bonds is 5. The van der Waals surface area contributed by atoms with Crippen LogP contribution in [0, 0.1) is 6.92 Å². The third-order valence-corrected chi connectivity index (χ3v) is 7.87. The zero-order valence-electron chi connectivity index (χ0n) is 21.0. The summed E-state index contributed by atoms with van der Waals surface area (Å²) in [4.78, 5) is 35.8. The molecule has 5 rings (SSSR count). The molecule has 9 heteroatoms. The van der Waals surface area contributed by atoms with Crippen molar-refractivity contribution in [1.29, 1.82) is 0 Å². The number of thiazole rings is 1. The van der Waals surface area contributed by atoms with Crippen LogP contribution in [0.2, 0.25) is 0 Å². The van der Waals surface area contributed by atoms with Gasteiger partial charge in [-0.1, -0.05) is 29.0 Å². The van der Waals surface area contributed by atoms with Crippen molar-refractivity contribution in [3.05, 3.63) is 41.1 Å². The van der Waals surface area contributed by atoms with E-state index in [-0.39, 0.29) is 23.4 Å². The predicted molar refractivity (Wildman–Crippen MR) is 139 cm³/mol. The molecule has 2 amide bonds. The molecule has 2 aromatic heterocycles. The SMILES string of the molecule is Cc1ccc(C(=O)Nc2nc3c(s2)c(C(=O)N2CCCC2CN2CCCC2)nn3C(C)(C)C)cc1. The van der Waals surface area contributed by atoms with Gasteiger partial charge in [0.15, 0.2) is 16.5 Å². The number of aromatic nitrogens is 3. The molecule has 1 aromatic carbocycles. The normalized spacial score (nSPS) is 19.1. The number of anilines is 1. The van der Waals surface area contributed by atoms with Gasteiger partial charge < -0.3 is 9.80 Å². The van der Waals surface area contributed by atoms with Crippen molar-refractivity contribution in [1.82, 2.24) is 24.6 Å². The van der Waals surface area contributed by atoms with E-state index in [1.807, 2.05) is 49.4 Å². The number of nitrogens with one attached hydrogen (secondary N) is 1. The molecule has 0 aliphatic carbocycles. The minimum Gasteiger partial charge on any atom is -0.333 e. The predicted octanol–water partition coefficient (Wildman–Crippen LogP) is 4.51. The number of likely N-dealkylation sites (tertiary alicyclic amines) is 2. The molecule has 35 heavy (non-hydrogen) atoms. The van der Waals surface area contributed by atoms with Gasteiger partial charge in [0.25, 0.3) is 11.8 Å². The van der Waals surface area contributed by atoms with Crippen LogP contribution in [0.25, 0.3) is 10.3 Å². The van der Waals surface area contributed by atoms with Gasteiger partial charge in [-0.25, -0.2) is 4.68 Å². The van der Waals surface area contributed by atoms with Crippen molar-refractivity contribution in [3.63, 3.8) is 0 Å². The van der Waals surface area contributed by atoms with Crippen molar-refractivity contribution >= 4 is 38.6 Å². The molecule has 1 atom stereocenters. The number of hydrogen-bond donors (Lipinski definition) is 1. The summed E-state index contributed by atoms with van der Waals surface area (Å²) in [7, 11) is 0. The highest BCUT2D eigenvalue weighted by Gasteiger charge is 2.35. The van der Waals surface area contributed by atoms with Gasteiger partial charge in [0.1, 0.15) is 4.70 Å². The maximum Gasteiger partial charge on any atom is 0.276 e. The van der Waals surface area contributed by atoms with Crippen LogP contribution in [0.1, 0.15) is 72.9 Å². The van der Waals surface area contributed by atoms with Gasteiger partial charge in [0, 0.05) is 24.7 Å². The van der Waals surface area contributed by atoms with Gasteiger partial charge in [-0.3, -0.25) is 14.9 Å². The topological polar surface area (TPSA) is 83.4 Å². The highest BCUT2D eigenvalue weighted by atomic mass is 32.1. The largest absolute Gasteiger partial charge is 0.333 e. The molecule has 8 nitrogen and oxygen atoms in total. The number of aryl methyl sites for hydroxylation is 1. The Morgan fingerprint density at radius 2 is 1.80 bits per heavy atom. The standard InChI is InChI=1S/C26H34N6O2S/c1-17-9-11-18(12-10-17)23(33)28-25-27-22-21(35-25)20(29-32(22)26(2,3)4)24(34)31-15-7-8-19(31)16-30-13-5-6-14-30/h9-12,19H,5-8,13-16H2,1-4H3,(H,27,28,33). The lowest BCUT2D eigenvalue weighted by Gasteiger charge is -2.28. The molecule has 2 saturated heterocycles. The van der Waals surface area contributed by atoms with Crippen molar-refractivity contribution in [2.75, 3.05) is 31.5 Å². The number of hydrogen-bond acceptors (Lipinski definition) is 6. The Hall–Kier alpha value is -2.78. The van der Waals surface area contributed by atoms with E-state index in [9.17, 15) is 9.59 Å². The van der Waals surface area contributed by atoms with Crippen LogP contribution in [-0.4, -0.2) is 68.6 Å². The second kappa shape index (κ2) is 9.35. The summed E-state index contributed by atoms with van der Waals surface area (Å²) < 4.78 is 2.55. The quantitative estimate of drug-likeness (QED) is 0.564. The van der Waals surface area contributed by atoms with Crippen molar-refractivity contribution in [3.8, 4) is 0 Å². The third kappa shape index (κ3) is 4.84. The fourth-order valence-electron chi connectivity index (χ4n) is 5.03. The summed E-state index contributed by atoms with van der Waals surface area (Å²) in [5.41, 5.74) is 2.39. The minimum absolute atomic E-state index is 0.0280. The lowest BCUT2D eigenvalue weighted by atomic mass is 10.1. The average molecular weight is 495 g/mol. The first-order valence-corrected chi connectivity index (χ1v) is 13.3. The van der Waals surface area contributed by atoms with E-state index in [1.54, 1.807) is 12.1 Å². The van der Waals surface area contributed by atoms with Crippen LogP contribution < -0.4 is 5.32 Å².